The molecule has 1 aromatic rings. The first kappa shape index (κ1) is 13.0. The van der Waals surface area contributed by atoms with Crippen molar-refractivity contribution in [2.75, 3.05) is 13.7 Å². The molecule has 1 heterocycles. The van der Waals surface area contributed by atoms with Crippen molar-refractivity contribution in [1.82, 2.24) is 5.32 Å². The summed E-state index contributed by atoms with van der Waals surface area (Å²) in [6.45, 7) is 2.82. The molecule has 1 N–H and O–H groups in total. The van der Waals surface area contributed by atoms with Crippen molar-refractivity contribution in [2.24, 2.45) is 5.92 Å². The second-order valence-electron chi connectivity index (χ2n) is 4.46. The van der Waals surface area contributed by atoms with E-state index in [1.54, 1.807) is 6.07 Å². The fraction of sp³-hybridized carbons (Fsp3) is 0.538. The van der Waals surface area contributed by atoms with Gasteiger partial charge in [-0.25, -0.2) is 4.39 Å². The Morgan fingerprint density at radius 2 is 2.29 bits per heavy atom. The minimum absolute atomic E-state index is 0.00463. The van der Waals surface area contributed by atoms with E-state index in [0.717, 1.165) is 17.5 Å². The summed E-state index contributed by atoms with van der Waals surface area (Å²) in [4.78, 5) is 0. The van der Waals surface area contributed by atoms with E-state index in [4.69, 9.17) is 4.74 Å². The Morgan fingerprint density at radius 1 is 1.53 bits per heavy atom. The van der Waals surface area contributed by atoms with Crippen LogP contribution in [0.3, 0.4) is 0 Å². The van der Waals surface area contributed by atoms with Crippen LogP contribution in [-0.4, -0.2) is 19.8 Å². The number of halogens is 2. The molecule has 2 nitrogen and oxygen atoms in total. The van der Waals surface area contributed by atoms with Crippen molar-refractivity contribution >= 4 is 15.9 Å². The fourth-order valence-corrected chi connectivity index (χ4v) is 2.92. The van der Waals surface area contributed by atoms with Crippen LogP contribution in [0.4, 0.5) is 4.39 Å². The van der Waals surface area contributed by atoms with Gasteiger partial charge < -0.3 is 10.1 Å². The summed E-state index contributed by atoms with van der Waals surface area (Å²) in [5.41, 5.74) is 0.712. The van der Waals surface area contributed by atoms with Gasteiger partial charge in [-0.2, -0.15) is 0 Å². The molecule has 0 radical (unpaired) electrons. The van der Waals surface area contributed by atoms with E-state index in [0.29, 0.717) is 11.5 Å². The average molecular weight is 302 g/mol. The van der Waals surface area contributed by atoms with Crippen LogP contribution in [0.1, 0.15) is 24.9 Å². The molecule has 0 aromatic heterocycles. The SMILES string of the molecule is CNC(c1cc(Br)ccc1F)C1CCOC1C. The van der Waals surface area contributed by atoms with Crippen molar-refractivity contribution in [3.63, 3.8) is 0 Å². The predicted molar refractivity (Wildman–Crippen MR) is 69.4 cm³/mol. The first-order chi connectivity index (χ1) is 8.13. The monoisotopic (exact) mass is 301 g/mol. The summed E-state index contributed by atoms with van der Waals surface area (Å²) < 4.78 is 20.4. The zero-order valence-corrected chi connectivity index (χ0v) is 11.6. The highest BCUT2D eigenvalue weighted by molar-refractivity contribution is 9.10. The molecule has 1 fully saturated rings. The number of ether oxygens (including phenoxy) is 1. The van der Waals surface area contributed by atoms with Gasteiger partial charge in [0, 0.05) is 28.6 Å². The predicted octanol–water partition coefficient (Wildman–Crippen LogP) is 3.27. The van der Waals surface area contributed by atoms with Crippen molar-refractivity contribution in [1.29, 1.82) is 0 Å². The van der Waals surface area contributed by atoms with Crippen LogP contribution in [0.15, 0.2) is 22.7 Å². The standard InChI is InChI=1S/C13H17BrFNO/c1-8-10(5-6-17-8)13(16-2)11-7-9(14)3-4-12(11)15/h3-4,7-8,10,13,16H,5-6H2,1-2H3. The number of hydrogen-bond acceptors (Lipinski definition) is 2. The van der Waals surface area contributed by atoms with Crippen LogP contribution in [0, 0.1) is 11.7 Å². The molecule has 94 valence electrons. The normalized spacial score (nSPS) is 26.1. The highest BCUT2D eigenvalue weighted by Crippen LogP contribution is 2.35. The minimum atomic E-state index is -0.161. The Hall–Kier alpha value is -0.450. The average Bonchev–Trinajstić information content (AvgIpc) is 2.71. The number of rotatable bonds is 3. The van der Waals surface area contributed by atoms with E-state index in [9.17, 15) is 4.39 Å². The number of nitrogens with one attached hydrogen (secondary N) is 1. The fourth-order valence-electron chi connectivity index (χ4n) is 2.54. The summed E-state index contributed by atoms with van der Waals surface area (Å²) in [5.74, 6) is 0.162. The van der Waals surface area contributed by atoms with Gasteiger partial charge in [-0.15, -0.1) is 0 Å². The van der Waals surface area contributed by atoms with Gasteiger partial charge >= 0.3 is 0 Å². The Bertz CT molecular complexity index is 399. The zero-order chi connectivity index (χ0) is 12.4. The first-order valence-electron chi connectivity index (χ1n) is 5.87. The van der Waals surface area contributed by atoms with Crippen LogP contribution in [0.5, 0.6) is 0 Å². The third kappa shape index (κ3) is 2.69. The van der Waals surface area contributed by atoms with Crippen LogP contribution >= 0.6 is 15.9 Å². The molecule has 0 spiro atoms. The van der Waals surface area contributed by atoms with E-state index in [1.165, 1.54) is 6.07 Å². The third-order valence-corrected chi connectivity index (χ3v) is 3.96. The molecular formula is C13H17BrFNO. The number of hydrogen-bond donors (Lipinski definition) is 1. The Labute approximate surface area is 110 Å². The molecule has 0 amide bonds. The molecule has 0 aliphatic carbocycles. The molecule has 3 unspecified atom stereocenters. The summed E-state index contributed by atoms with van der Waals surface area (Å²) in [6.07, 6.45) is 1.14. The molecule has 0 saturated carbocycles. The second-order valence-corrected chi connectivity index (χ2v) is 5.38. The van der Waals surface area contributed by atoms with Crippen LogP contribution in [0.25, 0.3) is 0 Å². The second kappa shape index (κ2) is 5.46. The van der Waals surface area contributed by atoms with Crippen molar-refractivity contribution in [2.45, 2.75) is 25.5 Å². The van der Waals surface area contributed by atoms with Crippen molar-refractivity contribution < 1.29 is 9.13 Å². The lowest BCUT2D eigenvalue weighted by Gasteiger charge is -2.26. The van der Waals surface area contributed by atoms with E-state index < -0.39 is 0 Å². The topological polar surface area (TPSA) is 21.3 Å². The summed E-state index contributed by atoms with van der Waals surface area (Å²) in [5, 5.41) is 3.22. The Kier molecular flexibility index (Phi) is 4.17. The highest BCUT2D eigenvalue weighted by atomic mass is 79.9. The summed E-state index contributed by atoms with van der Waals surface area (Å²) >= 11 is 3.39. The van der Waals surface area contributed by atoms with Gasteiger partial charge in [0.25, 0.3) is 0 Å². The third-order valence-electron chi connectivity index (χ3n) is 3.47. The number of benzene rings is 1. The van der Waals surface area contributed by atoms with E-state index in [1.807, 2.05) is 13.1 Å². The maximum atomic E-state index is 13.9. The minimum Gasteiger partial charge on any atom is -0.378 e. The van der Waals surface area contributed by atoms with Crippen LogP contribution in [0.2, 0.25) is 0 Å². The molecule has 1 aliphatic rings. The Morgan fingerprint density at radius 3 is 2.88 bits per heavy atom. The quantitative estimate of drug-likeness (QED) is 0.925. The highest BCUT2D eigenvalue weighted by Gasteiger charge is 2.33. The van der Waals surface area contributed by atoms with E-state index in [-0.39, 0.29) is 18.0 Å². The van der Waals surface area contributed by atoms with Crippen LogP contribution < -0.4 is 5.32 Å². The van der Waals surface area contributed by atoms with Gasteiger partial charge in [-0.1, -0.05) is 15.9 Å². The van der Waals surface area contributed by atoms with Crippen molar-refractivity contribution in [3.8, 4) is 0 Å². The lowest BCUT2D eigenvalue weighted by Crippen LogP contribution is -2.30. The summed E-state index contributed by atoms with van der Waals surface area (Å²) in [7, 11) is 1.87. The van der Waals surface area contributed by atoms with Gasteiger partial charge in [0.05, 0.1) is 6.10 Å². The lowest BCUT2D eigenvalue weighted by molar-refractivity contribution is 0.0959. The molecule has 2 rings (SSSR count). The lowest BCUT2D eigenvalue weighted by atomic mass is 9.88. The van der Waals surface area contributed by atoms with Gasteiger partial charge in [-0.3, -0.25) is 0 Å². The molecule has 1 aromatic carbocycles. The smallest absolute Gasteiger partial charge is 0.128 e. The maximum absolute atomic E-state index is 13.9. The molecule has 1 aliphatic heterocycles. The molecule has 17 heavy (non-hydrogen) atoms. The van der Waals surface area contributed by atoms with Gasteiger partial charge in [0.2, 0.25) is 0 Å². The maximum Gasteiger partial charge on any atom is 0.128 e. The summed E-state index contributed by atoms with van der Waals surface area (Å²) in [6, 6.07) is 5.08. The van der Waals surface area contributed by atoms with Gasteiger partial charge in [0.15, 0.2) is 0 Å². The zero-order valence-electron chi connectivity index (χ0n) is 10.0. The first-order valence-corrected chi connectivity index (χ1v) is 6.66. The van der Waals surface area contributed by atoms with Gasteiger partial charge in [0.1, 0.15) is 5.82 Å². The molecule has 3 atom stereocenters. The van der Waals surface area contributed by atoms with Gasteiger partial charge in [-0.05, 0) is 38.6 Å². The van der Waals surface area contributed by atoms with Crippen molar-refractivity contribution in [3.05, 3.63) is 34.1 Å². The molecule has 0 bridgehead atoms. The molecular weight excluding hydrogens is 285 g/mol. The largest absolute Gasteiger partial charge is 0.378 e. The van der Waals surface area contributed by atoms with E-state index >= 15 is 0 Å². The van der Waals surface area contributed by atoms with E-state index in [2.05, 4.69) is 28.2 Å². The molecule has 4 heteroatoms. The Balaban J connectivity index is 2.31. The molecule has 1 saturated heterocycles. The van der Waals surface area contributed by atoms with Crippen LogP contribution in [-0.2, 0) is 4.74 Å².